The van der Waals surface area contributed by atoms with E-state index in [0.29, 0.717) is 6.42 Å². The molecular weight excluding hydrogens is 283 g/mol. The van der Waals surface area contributed by atoms with Crippen LogP contribution in [0.2, 0.25) is 0 Å². The number of thiophene rings is 1. The molecule has 0 aliphatic rings. The van der Waals surface area contributed by atoms with Crippen LogP contribution in [0.1, 0.15) is 16.9 Å². The van der Waals surface area contributed by atoms with E-state index in [9.17, 15) is 14.0 Å². The molecule has 0 atom stereocenters. The molecule has 2 heterocycles. The molecule has 5 nitrogen and oxygen atoms in total. The van der Waals surface area contributed by atoms with Crippen LogP contribution in [0.25, 0.3) is 0 Å². The van der Waals surface area contributed by atoms with Gasteiger partial charge in [-0.25, -0.2) is 4.79 Å². The summed E-state index contributed by atoms with van der Waals surface area (Å²) >= 11 is 1.38. The maximum atomic E-state index is 13.1. The molecule has 104 valence electrons. The van der Waals surface area contributed by atoms with Gasteiger partial charge < -0.3 is 5.11 Å². The van der Waals surface area contributed by atoms with E-state index in [0.717, 1.165) is 21.2 Å². The number of H-pyrrole nitrogens is 1. The number of aromatic amines is 1. The zero-order chi connectivity index (χ0) is 14.5. The minimum absolute atomic E-state index is 0.00996. The van der Waals surface area contributed by atoms with Gasteiger partial charge in [0, 0.05) is 22.2 Å². The first-order valence-electron chi connectivity index (χ1n) is 5.76. The van der Waals surface area contributed by atoms with E-state index in [4.69, 9.17) is 5.11 Å². The molecule has 0 saturated heterocycles. The molecular formula is C13H11FN2O3S. The van der Waals surface area contributed by atoms with Crippen LogP contribution in [-0.4, -0.2) is 21.3 Å². The minimum Gasteiger partial charge on any atom is -0.395 e. The van der Waals surface area contributed by atoms with Crippen molar-refractivity contribution in [3.8, 4) is 11.8 Å². The quantitative estimate of drug-likeness (QED) is 0.810. The number of nitrogens with zero attached hydrogens (tertiary/aromatic N) is 1. The van der Waals surface area contributed by atoms with E-state index in [1.165, 1.54) is 11.3 Å². The average molecular weight is 294 g/mol. The fourth-order valence-corrected chi connectivity index (χ4v) is 2.33. The summed E-state index contributed by atoms with van der Waals surface area (Å²) in [7, 11) is 0. The van der Waals surface area contributed by atoms with E-state index in [-0.39, 0.29) is 13.2 Å². The van der Waals surface area contributed by atoms with Crippen molar-refractivity contribution in [3.05, 3.63) is 54.7 Å². The molecule has 2 aromatic heterocycles. The van der Waals surface area contributed by atoms with Gasteiger partial charge in [-0.05, 0) is 6.07 Å². The van der Waals surface area contributed by atoms with E-state index in [1.807, 2.05) is 10.4 Å². The Kier molecular flexibility index (Phi) is 4.50. The summed E-state index contributed by atoms with van der Waals surface area (Å²) in [5.41, 5.74) is -0.901. The lowest BCUT2D eigenvalue weighted by Gasteiger charge is -2.01. The molecule has 0 radical (unpaired) electrons. The maximum Gasteiger partial charge on any atom is 0.328 e. The van der Waals surface area contributed by atoms with Gasteiger partial charge in [-0.1, -0.05) is 11.8 Å². The predicted octanol–water partition coefficient (Wildman–Crippen LogP) is 0.519. The summed E-state index contributed by atoms with van der Waals surface area (Å²) in [4.78, 5) is 25.1. The van der Waals surface area contributed by atoms with Gasteiger partial charge in [0.05, 0.1) is 19.3 Å². The third-order valence-corrected chi connectivity index (χ3v) is 3.34. The van der Waals surface area contributed by atoms with Crippen molar-refractivity contribution in [3.63, 3.8) is 0 Å². The van der Waals surface area contributed by atoms with Crippen molar-refractivity contribution in [1.82, 2.24) is 9.55 Å². The Morgan fingerprint density at radius 3 is 3.00 bits per heavy atom. The monoisotopic (exact) mass is 294 g/mol. The Hall–Kier alpha value is -2.17. The summed E-state index contributed by atoms with van der Waals surface area (Å²) in [6.07, 6.45) is 1.29. The highest BCUT2D eigenvalue weighted by Crippen LogP contribution is 2.14. The second-order valence-electron chi connectivity index (χ2n) is 3.94. The minimum atomic E-state index is -1.02. The lowest BCUT2D eigenvalue weighted by molar-refractivity contribution is 0.305. The highest BCUT2D eigenvalue weighted by atomic mass is 32.1. The zero-order valence-electron chi connectivity index (χ0n) is 10.4. The molecule has 2 aromatic rings. The van der Waals surface area contributed by atoms with Gasteiger partial charge in [0.25, 0.3) is 5.56 Å². The highest BCUT2D eigenvalue weighted by molar-refractivity contribution is 7.10. The molecule has 0 aliphatic carbocycles. The Bertz CT molecular complexity index is 779. The van der Waals surface area contributed by atoms with Gasteiger partial charge in [-0.15, -0.1) is 11.3 Å². The van der Waals surface area contributed by atoms with Crippen LogP contribution in [0.15, 0.2) is 27.2 Å². The fraction of sp³-hybridized carbons (Fsp3) is 0.231. The third kappa shape index (κ3) is 3.44. The Balaban J connectivity index is 2.20. The number of aromatic nitrogens is 2. The van der Waals surface area contributed by atoms with Crippen LogP contribution in [0.4, 0.5) is 4.39 Å². The fourth-order valence-electron chi connectivity index (χ4n) is 1.52. The number of halogens is 1. The number of rotatable bonds is 3. The standard InChI is InChI=1S/C13H11FN2O3S/c14-11-7-16(13(19)15-12(11)18)6-10-5-9(8-20-10)3-1-2-4-17/h5,7-8,17H,2,4,6H2,(H,15,18,19). The smallest absolute Gasteiger partial charge is 0.328 e. The second kappa shape index (κ2) is 6.32. The Morgan fingerprint density at radius 1 is 1.45 bits per heavy atom. The second-order valence-corrected chi connectivity index (χ2v) is 4.94. The largest absolute Gasteiger partial charge is 0.395 e. The third-order valence-electron chi connectivity index (χ3n) is 2.42. The van der Waals surface area contributed by atoms with Gasteiger partial charge in [-0.3, -0.25) is 14.3 Å². The van der Waals surface area contributed by atoms with E-state index < -0.39 is 17.1 Å². The number of hydrogen-bond acceptors (Lipinski definition) is 4. The van der Waals surface area contributed by atoms with Crippen molar-refractivity contribution >= 4 is 11.3 Å². The summed E-state index contributed by atoms with van der Waals surface area (Å²) in [5, 5.41) is 10.4. The van der Waals surface area contributed by atoms with Crippen molar-refractivity contribution in [1.29, 1.82) is 0 Å². The predicted molar refractivity (Wildman–Crippen MR) is 73.3 cm³/mol. The maximum absolute atomic E-state index is 13.1. The topological polar surface area (TPSA) is 75.1 Å². The van der Waals surface area contributed by atoms with Gasteiger partial charge >= 0.3 is 5.69 Å². The van der Waals surface area contributed by atoms with Crippen molar-refractivity contribution < 1.29 is 9.50 Å². The number of nitrogens with one attached hydrogen (secondary N) is 1. The van der Waals surface area contributed by atoms with Crippen LogP contribution in [0.3, 0.4) is 0 Å². The van der Waals surface area contributed by atoms with Crippen LogP contribution >= 0.6 is 11.3 Å². The summed E-state index contributed by atoms with van der Waals surface area (Å²) in [6, 6.07) is 1.78. The molecule has 0 saturated carbocycles. The van der Waals surface area contributed by atoms with Gasteiger partial charge in [0.15, 0.2) is 0 Å². The molecule has 0 unspecified atom stereocenters. The normalized spacial score (nSPS) is 10.1. The first-order valence-corrected chi connectivity index (χ1v) is 6.64. The lowest BCUT2D eigenvalue weighted by Crippen LogP contribution is -2.31. The molecule has 0 bridgehead atoms. The highest BCUT2D eigenvalue weighted by Gasteiger charge is 2.05. The molecule has 0 amide bonds. The zero-order valence-corrected chi connectivity index (χ0v) is 11.2. The van der Waals surface area contributed by atoms with Gasteiger partial charge in [0.2, 0.25) is 5.82 Å². The first-order chi connectivity index (χ1) is 9.60. The molecule has 20 heavy (non-hydrogen) atoms. The lowest BCUT2D eigenvalue weighted by atomic mass is 10.3. The SMILES string of the molecule is O=c1[nH]c(=O)n(Cc2cc(C#CCCO)cs2)cc1F. The summed E-state index contributed by atoms with van der Waals surface area (Å²) in [6.45, 7) is 0.176. The van der Waals surface area contributed by atoms with Crippen LogP contribution in [0, 0.1) is 17.7 Å². The van der Waals surface area contributed by atoms with Gasteiger partial charge in [0.1, 0.15) is 0 Å². The summed E-state index contributed by atoms with van der Waals surface area (Å²) in [5.74, 6) is 4.66. The molecule has 0 aliphatic heterocycles. The first kappa shape index (κ1) is 14.2. The van der Waals surface area contributed by atoms with Crippen LogP contribution in [0.5, 0.6) is 0 Å². The molecule has 7 heteroatoms. The Morgan fingerprint density at radius 2 is 2.25 bits per heavy atom. The summed E-state index contributed by atoms with van der Waals surface area (Å²) < 4.78 is 14.2. The molecule has 0 fully saturated rings. The average Bonchev–Trinajstić information content (AvgIpc) is 2.84. The van der Waals surface area contributed by atoms with E-state index in [2.05, 4.69) is 11.8 Å². The molecule has 0 aromatic carbocycles. The van der Waals surface area contributed by atoms with E-state index in [1.54, 1.807) is 6.07 Å². The number of aliphatic hydroxyl groups excluding tert-OH is 1. The van der Waals surface area contributed by atoms with Crippen LogP contribution < -0.4 is 11.2 Å². The Labute approximate surface area is 117 Å². The number of aliphatic hydroxyl groups is 1. The molecule has 2 N–H and O–H groups in total. The van der Waals surface area contributed by atoms with Crippen LogP contribution in [-0.2, 0) is 6.54 Å². The van der Waals surface area contributed by atoms with E-state index >= 15 is 0 Å². The molecule has 2 rings (SSSR count). The van der Waals surface area contributed by atoms with Crippen molar-refractivity contribution in [2.75, 3.05) is 6.61 Å². The van der Waals surface area contributed by atoms with Gasteiger partial charge in [-0.2, -0.15) is 4.39 Å². The number of hydrogen-bond donors (Lipinski definition) is 2. The molecule has 0 spiro atoms. The van der Waals surface area contributed by atoms with Crippen molar-refractivity contribution in [2.24, 2.45) is 0 Å². The van der Waals surface area contributed by atoms with Crippen molar-refractivity contribution in [2.45, 2.75) is 13.0 Å².